The summed E-state index contributed by atoms with van der Waals surface area (Å²) >= 11 is 1.17. The standard InChI is InChI=1S/C23H28N2O4S/c1-16-10-12-20(13-11-16)24-21(26)15-30-18(3)23(28)29-17(2)22(27)25(4)14-19-8-6-5-7-9-19/h5-13,17-18H,14-15H2,1-4H3,(H,24,26)/t17-,18+/m0/s1. The molecule has 160 valence electrons. The monoisotopic (exact) mass is 428 g/mol. The molecule has 6 nitrogen and oxygen atoms in total. The number of amides is 2. The molecule has 0 aliphatic heterocycles. The normalized spacial score (nSPS) is 12.5. The van der Waals surface area contributed by atoms with Gasteiger partial charge in [-0.15, -0.1) is 11.8 Å². The zero-order chi connectivity index (χ0) is 22.1. The van der Waals surface area contributed by atoms with Crippen molar-refractivity contribution in [1.82, 2.24) is 4.90 Å². The zero-order valence-electron chi connectivity index (χ0n) is 17.8. The van der Waals surface area contributed by atoms with Gasteiger partial charge in [0.05, 0.1) is 5.75 Å². The number of likely N-dealkylation sites (N-methyl/N-ethyl adjacent to an activating group) is 1. The molecule has 2 amide bonds. The average molecular weight is 429 g/mol. The number of nitrogens with one attached hydrogen (secondary N) is 1. The second-order valence-electron chi connectivity index (χ2n) is 7.13. The van der Waals surface area contributed by atoms with Crippen molar-refractivity contribution in [3.63, 3.8) is 0 Å². The molecule has 2 atom stereocenters. The quantitative estimate of drug-likeness (QED) is 0.617. The molecular formula is C23H28N2O4S. The molecule has 0 aliphatic carbocycles. The number of carbonyl (C=O) groups is 3. The molecule has 0 aromatic heterocycles. The minimum Gasteiger partial charge on any atom is -0.452 e. The fourth-order valence-electron chi connectivity index (χ4n) is 2.67. The fraction of sp³-hybridized carbons (Fsp3) is 0.348. The average Bonchev–Trinajstić information content (AvgIpc) is 2.73. The van der Waals surface area contributed by atoms with E-state index in [1.165, 1.54) is 16.7 Å². The van der Waals surface area contributed by atoms with Crippen molar-refractivity contribution in [2.24, 2.45) is 0 Å². The number of rotatable bonds is 9. The van der Waals surface area contributed by atoms with Gasteiger partial charge in [0.15, 0.2) is 6.10 Å². The molecular weight excluding hydrogens is 400 g/mol. The second kappa shape index (κ2) is 11.4. The predicted octanol–water partition coefficient (Wildman–Crippen LogP) is 3.65. The Labute approximate surface area is 182 Å². The maximum atomic E-state index is 12.5. The number of thioether (sulfide) groups is 1. The molecule has 0 bridgehead atoms. The Balaban J connectivity index is 1.76. The zero-order valence-corrected chi connectivity index (χ0v) is 18.6. The summed E-state index contributed by atoms with van der Waals surface area (Å²) in [5.41, 5.74) is 2.81. The molecule has 7 heteroatoms. The van der Waals surface area contributed by atoms with E-state index in [1.54, 1.807) is 20.9 Å². The van der Waals surface area contributed by atoms with Gasteiger partial charge >= 0.3 is 5.97 Å². The van der Waals surface area contributed by atoms with E-state index >= 15 is 0 Å². The molecule has 2 rings (SSSR count). The Bertz CT molecular complexity index is 855. The van der Waals surface area contributed by atoms with Crippen LogP contribution in [-0.2, 0) is 25.7 Å². The highest BCUT2D eigenvalue weighted by Gasteiger charge is 2.25. The smallest absolute Gasteiger partial charge is 0.319 e. The first kappa shape index (κ1) is 23.5. The van der Waals surface area contributed by atoms with E-state index in [2.05, 4.69) is 5.32 Å². The summed E-state index contributed by atoms with van der Waals surface area (Å²) in [5, 5.41) is 2.22. The summed E-state index contributed by atoms with van der Waals surface area (Å²) in [6.07, 6.45) is -0.893. The van der Waals surface area contributed by atoms with Crippen molar-refractivity contribution in [3.05, 3.63) is 65.7 Å². The van der Waals surface area contributed by atoms with Crippen LogP contribution in [0.5, 0.6) is 0 Å². The van der Waals surface area contributed by atoms with Gasteiger partial charge in [0.1, 0.15) is 5.25 Å². The van der Waals surface area contributed by atoms with Gasteiger partial charge in [0.25, 0.3) is 5.91 Å². The highest BCUT2D eigenvalue weighted by molar-refractivity contribution is 8.01. The van der Waals surface area contributed by atoms with Crippen LogP contribution in [0, 0.1) is 6.92 Å². The Morgan fingerprint density at radius 3 is 2.30 bits per heavy atom. The van der Waals surface area contributed by atoms with Crippen LogP contribution >= 0.6 is 11.8 Å². The van der Waals surface area contributed by atoms with Crippen LogP contribution in [0.15, 0.2) is 54.6 Å². The van der Waals surface area contributed by atoms with E-state index in [0.717, 1.165) is 11.1 Å². The summed E-state index contributed by atoms with van der Waals surface area (Å²) in [5.74, 6) is -0.880. The predicted molar refractivity (Wildman–Crippen MR) is 120 cm³/mol. The van der Waals surface area contributed by atoms with Crippen LogP contribution in [0.25, 0.3) is 0 Å². The number of aryl methyl sites for hydroxylation is 1. The van der Waals surface area contributed by atoms with Crippen LogP contribution in [-0.4, -0.2) is 46.8 Å². The third kappa shape index (κ3) is 7.55. The number of carbonyl (C=O) groups excluding carboxylic acids is 3. The minimum atomic E-state index is -0.893. The summed E-state index contributed by atoms with van der Waals surface area (Å²) in [6, 6.07) is 17.1. The number of hydrogen-bond donors (Lipinski definition) is 1. The first-order valence-corrected chi connectivity index (χ1v) is 10.8. The van der Waals surface area contributed by atoms with Crippen LogP contribution in [0.3, 0.4) is 0 Å². The Morgan fingerprint density at radius 1 is 1.03 bits per heavy atom. The molecule has 0 unspecified atom stereocenters. The van der Waals surface area contributed by atoms with E-state index in [9.17, 15) is 14.4 Å². The van der Waals surface area contributed by atoms with E-state index in [4.69, 9.17) is 4.74 Å². The maximum Gasteiger partial charge on any atom is 0.319 e. The third-order valence-electron chi connectivity index (χ3n) is 4.41. The van der Waals surface area contributed by atoms with Gasteiger partial charge in [0.2, 0.25) is 5.91 Å². The summed E-state index contributed by atoms with van der Waals surface area (Å²) in [4.78, 5) is 38.4. The van der Waals surface area contributed by atoms with Crippen molar-refractivity contribution in [2.45, 2.75) is 38.7 Å². The highest BCUT2D eigenvalue weighted by Crippen LogP contribution is 2.15. The third-order valence-corrected chi connectivity index (χ3v) is 5.53. The van der Waals surface area contributed by atoms with Gasteiger partial charge < -0.3 is 15.0 Å². The van der Waals surface area contributed by atoms with E-state index in [-0.39, 0.29) is 17.6 Å². The van der Waals surface area contributed by atoms with E-state index < -0.39 is 17.3 Å². The maximum absolute atomic E-state index is 12.5. The van der Waals surface area contributed by atoms with Crippen LogP contribution < -0.4 is 5.32 Å². The van der Waals surface area contributed by atoms with Crippen LogP contribution in [0.2, 0.25) is 0 Å². The van der Waals surface area contributed by atoms with Crippen molar-refractivity contribution in [1.29, 1.82) is 0 Å². The highest BCUT2D eigenvalue weighted by atomic mass is 32.2. The molecule has 2 aromatic rings. The first-order valence-electron chi connectivity index (χ1n) is 9.73. The largest absolute Gasteiger partial charge is 0.452 e. The van der Waals surface area contributed by atoms with Gasteiger partial charge in [-0.25, -0.2) is 0 Å². The lowest BCUT2D eigenvalue weighted by Gasteiger charge is -2.22. The summed E-state index contributed by atoms with van der Waals surface area (Å²) in [7, 11) is 1.67. The first-order chi connectivity index (χ1) is 14.3. The van der Waals surface area contributed by atoms with Gasteiger partial charge in [0, 0.05) is 19.3 Å². The number of hydrogen-bond acceptors (Lipinski definition) is 5. The topological polar surface area (TPSA) is 75.7 Å². The Hall–Kier alpha value is -2.80. The van der Waals surface area contributed by atoms with Crippen molar-refractivity contribution in [3.8, 4) is 0 Å². The minimum absolute atomic E-state index is 0.111. The molecule has 1 N–H and O–H groups in total. The lowest BCUT2D eigenvalue weighted by Crippen LogP contribution is -2.38. The van der Waals surface area contributed by atoms with Gasteiger partial charge in [-0.1, -0.05) is 48.0 Å². The fourth-order valence-corrected chi connectivity index (χ4v) is 3.33. The van der Waals surface area contributed by atoms with Gasteiger partial charge in [-0.05, 0) is 38.5 Å². The molecule has 2 aromatic carbocycles. The van der Waals surface area contributed by atoms with Crippen LogP contribution in [0.1, 0.15) is 25.0 Å². The lowest BCUT2D eigenvalue weighted by molar-refractivity contribution is -0.158. The van der Waals surface area contributed by atoms with Crippen LogP contribution in [0.4, 0.5) is 5.69 Å². The van der Waals surface area contributed by atoms with Crippen molar-refractivity contribution < 1.29 is 19.1 Å². The van der Waals surface area contributed by atoms with Crippen molar-refractivity contribution in [2.75, 3.05) is 18.1 Å². The molecule has 0 saturated heterocycles. The summed E-state index contributed by atoms with van der Waals surface area (Å²) < 4.78 is 5.31. The second-order valence-corrected chi connectivity index (χ2v) is 8.46. The van der Waals surface area contributed by atoms with E-state index in [0.29, 0.717) is 12.2 Å². The molecule has 30 heavy (non-hydrogen) atoms. The molecule has 0 radical (unpaired) electrons. The Morgan fingerprint density at radius 2 is 1.67 bits per heavy atom. The number of nitrogens with zero attached hydrogens (tertiary/aromatic N) is 1. The summed E-state index contributed by atoms with van der Waals surface area (Å²) in [6.45, 7) is 5.63. The van der Waals surface area contributed by atoms with Gasteiger partial charge in [-0.3, -0.25) is 14.4 Å². The molecule has 0 saturated carbocycles. The molecule has 0 spiro atoms. The Kier molecular flexibility index (Phi) is 8.92. The number of benzene rings is 2. The lowest BCUT2D eigenvalue weighted by atomic mass is 10.2. The SMILES string of the molecule is Cc1ccc(NC(=O)CS[C@H](C)C(=O)O[C@@H](C)C(=O)N(C)Cc2ccccc2)cc1. The molecule has 0 fully saturated rings. The number of esters is 1. The molecule has 0 aliphatic rings. The number of ether oxygens (including phenoxy) is 1. The van der Waals surface area contributed by atoms with E-state index in [1.807, 2.05) is 61.5 Å². The van der Waals surface area contributed by atoms with Gasteiger partial charge in [-0.2, -0.15) is 0 Å². The van der Waals surface area contributed by atoms with Crippen molar-refractivity contribution >= 4 is 35.2 Å². The number of anilines is 1. The molecule has 0 heterocycles.